The van der Waals surface area contributed by atoms with Crippen LogP contribution in [0.2, 0.25) is 0 Å². The summed E-state index contributed by atoms with van der Waals surface area (Å²) >= 11 is 3.38. The number of alkyl halides is 1. The molecule has 1 aliphatic rings. The van der Waals surface area contributed by atoms with Crippen molar-refractivity contribution in [3.05, 3.63) is 28.3 Å². The first-order valence-electron chi connectivity index (χ1n) is 9.30. The summed E-state index contributed by atoms with van der Waals surface area (Å²) in [6.07, 6.45) is 0.574. The minimum absolute atomic E-state index is 0.142. The van der Waals surface area contributed by atoms with E-state index in [4.69, 9.17) is 14.2 Å². The van der Waals surface area contributed by atoms with Gasteiger partial charge in [0.2, 0.25) is 5.91 Å². The van der Waals surface area contributed by atoms with E-state index in [2.05, 4.69) is 30.6 Å². The molecule has 1 N–H and O–H groups in total. The summed E-state index contributed by atoms with van der Waals surface area (Å²) in [6.45, 7) is 3.43. The van der Waals surface area contributed by atoms with Crippen LogP contribution in [-0.2, 0) is 38.1 Å². The molecule has 2 heterocycles. The summed E-state index contributed by atoms with van der Waals surface area (Å²) < 4.78 is 20.8. The van der Waals surface area contributed by atoms with Gasteiger partial charge in [-0.15, -0.1) is 0 Å². The van der Waals surface area contributed by atoms with Gasteiger partial charge in [0.25, 0.3) is 0 Å². The Morgan fingerprint density at radius 1 is 1.25 bits per heavy atom. The lowest BCUT2D eigenvalue weighted by molar-refractivity contribution is -0.150. The van der Waals surface area contributed by atoms with Crippen molar-refractivity contribution in [2.24, 2.45) is 0 Å². The van der Waals surface area contributed by atoms with Crippen LogP contribution in [0.4, 0.5) is 5.82 Å². The molecular formula is C19H22BrN3O9. The fourth-order valence-corrected chi connectivity index (χ4v) is 3.59. The molecule has 0 unspecified atom stereocenters. The first-order valence-corrected chi connectivity index (χ1v) is 10.2. The van der Waals surface area contributed by atoms with Crippen LogP contribution in [-0.4, -0.2) is 70.8 Å². The molecule has 1 aromatic rings. The number of H-pyrrole nitrogens is 1. The number of rotatable bonds is 7. The number of carbonyl (C=O) groups excluding carboxylic acids is 4. The highest BCUT2D eigenvalue weighted by Crippen LogP contribution is 2.35. The second kappa shape index (κ2) is 11.0. The predicted molar refractivity (Wildman–Crippen MR) is 113 cm³/mol. The van der Waals surface area contributed by atoms with E-state index in [0.717, 1.165) is 11.0 Å². The summed E-state index contributed by atoms with van der Waals surface area (Å²) in [5.74, 6) is -2.60. The number of methoxy groups -OCH3 is 1. The van der Waals surface area contributed by atoms with E-state index in [-0.39, 0.29) is 18.0 Å². The van der Waals surface area contributed by atoms with Gasteiger partial charge in [-0.2, -0.15) is 4.98 Å². The first kappa shape index (κ1) is 25.2. The van der Waals surface area contributed by atoms with Crippen molar-refractivity contribution in [3.63, 3.8) is 0 Å². The molecule has 0 saturated carbocycles. The second-order valence-corrected chi connectivity index (χ2v) is 7.67. The number of hydrogen-bond donors (Lipinski definition) is 1. The molecule has 1 amide bonds. The van der Waals surface area contributed by atoms with Crippen molar-refractivity contribution in [3.8, 4) is 0 Å². The van der Waals surface area contributed by atoms with Gasteiger partial charge >= 0.3 is 23.6 Å². The Bertz CT molecular complexity index is 977. The topological polar surface area (TPSA) is 154 Å². The molecule has 0 aromatic carbocycles. The summed E-state index contributed by atoms with van der Waals surface area (Å²) in [6, 6.07) is 0. The van der Waals surface area contributed by atoms with Crippen molar-refractivity contribution in [1.82, 2.24) is 9.97 Å². The average Bonchev–Trinajstić information content (AvgIpc) is 3.00. The monoisotopic (exact) mass is 515 g/mol. The number of carbonyl (C=O) groups is 4. The Labute approximate surface area is 191 Å². The quantitative estimate of drug-likeness (QED) is 0.232. The van der Waals surface area contributed by atoms with Crippen molar-refractivity contribution in [2.45, 2.75) is 44.0 Å². The Morgan fingerprint density at radius 3 is 2.50 bits per heavy atom. The molecule has 0 radical (unpaired) electrons. The average molecular weight is 516 g/mol. The zero-order chi connectivity index (χ0) is 24.0. The van der Waals surface area contributed by atoms with Crippen molar-refractivity contribution < 1.29 is 38.1 Å². The van der Waals surface area contributed by atoms with Crippen molar-refractivity contribution in [2.75, 3.05) is 18.6 Å². The van der Waals surface area contributed by atoms with Gasteiger partial charge in [0.15, 0.2) is 18.1 Å². The van der Waals surface area contributed by atoms with Gasteiger partial charge in [-0.3, -0.25) is 19.3 Å². The summed E-state index contributed by atoms with van der Waals surface area (Å²) in [5.41, 5.74) is -0.583. The standard InChI is InChI=1S/C19H22BrN3O9/c1-9(24)23(17-12(5-6-14(27)29-4)7-21-19(28)22-17)18-16(31-11(3)26)15(20)13(32-18)8-30-10(2)25/h5-7,13,15-16,18H,8H2,1-4H3,(H,21,22,28)/t13-,15+,16-,18-/m1/s1. The number of aromatic amines is 1. The van der Waals surface area contributed by atoms with Gasteiger partial charge in [0, 0.05) is 38.6 Å². The second-order valence-electron chi connectivity index (χ2n) is 6.62. The van der Waals surface area contributed by atoms with Crippen LogP contribution in [0, 0.1) is 0 Å². The molecule has 1 aromatic heterocycles. The highest BCUT2D eigenvalue weighted by atomic mass is 79.9. The number of nitrogens with zero attached hydrogens (tertiary/aromatic N) is 2. The van der Waals surface area contributed by atoms with E-state index in [0.29, 0.717) is 0 Å². The molecule has 174 valence electrons. The maximum atomic E-state index is 12.6. The third-order valence-corrected chi connectivity index (χ3v) is 5.37. The fraction of sp³-hybridized carbons (Fsp3) is 0.474. The minimum Gasteiger partial charge on any atom is -0.466 e. The fourth-order valence-electron chi connectivity index (χ4n) is 2.94. The molecule has 4 atom stereocenters. The van der Waals surface area contributed by atoms with Crippen LogP contribution in [0.3, 0.4) is 0 Å². The van der Waals surface area contributed by atoms with Gasteiger partial charge in [-0.1, -0.05) is 15.9 Å². The summed E-state index contributed by atoms with van der Waals surface area (Å²) in [5, 5.41) is 0. The zero-order valence-corrected chi connectivity index (χ0v) is 19.3. The lowest BCUT2D eigenvalue weighted by Crippen LogP contribution is -2.48. The minimum atomic E-state index is -1.22. The van der Waals surface area contributed by atoms with E-state index < -0.39 is 52.8 Å². The third kappa shape index (κ3) is 6.23. The van der Waals surface area contributed by atoms with Gasteiger partial charge in [0.05, 0.1) is 11.9 Å². The Morgan fingerprint density at radius 2 is 1.94 bits per heavy atom. The summed E-state index contributed by atoms with van der Waals surface area (Å²) in [4.78, 5) is 65.6. The Kier molecular flexibility index (Phi) is 8.66. The molecule has 2 rings (SSSR count). The first-order chi connectivity index (χ1) is 15.0. The maximum Gasteiger partial charge on any atom is 0.346 e. The van der Waals surface area contributed by atoms with E-state index >= 15 is 0 Å². The number of esters is 3. The number of halogens is 1. The number of aromatic nitrogens is 2. The number of amides is 1. The molecule has 1 saturated heterocycles. The Balaban J connectivity index is 2.52. The number of nitrogens with one attached hydrogen (secondary N) is 1. The molecular weight excluding hydrogens is 494 g/mol. The molecule has 0 bridgehead atoms. The maximum absolute atomic E-state index is 12.6. The highest BCUT2D eigenvalue weighted by molar-refractivity contribution is 9.09. The highest BCUT2D eigenvalue weighted by Gasteiger charge is 2.50. The van der Waals surface area contributed by atoms with Crippen LogP contribution in [0.15, 0.2) is 17.1 Å². The van der Waals surface area contributed by atoms with E-state index in [1.165, 1.54) is 40.2 Å². The summed E-state index contributed by atoms with van der Waals surface area (Å²) in [7, 11) is 1.19. The number of anilines is 1. The van der Waals surface area contributed by atoms with Crippen molar-refractivity contribution in [1.29, 1.82) is 0 Å². The lowest BCUT2D eigenvalue weighted by atomic mass is 10.1. The van der Waals surface area contributed by atoms with Gasteiger partial charge in [-0.05, 0) is 6.08 Å². The Hall–Kier alpha value is -3.06. The molecule has 32 heavy (non-hydrogen) atoms. The van der Waals surface area contributed by atoms with Crippen LogP contribution in [0.25, 0.3) is 6.08 Å². The van der Waals surface area contributed by atoms with E-state index in [1.807, 2.05) is 0 Å². The van der Waals surface area contributed by atoms with Gasteiger partial charge < -0.3 is 23.9 Å². The number of ether oxygens (including phenoxy) is 4. The molecule has 12 nitrogen and oxygen atoms in total. The van der Waals surface area contributed by atoms with Crippen LogP contribution in [0.5, 0.6) is 0 Å². The molecule has 1 aliphatic heterocycles. The van der Waals surface area contributed by atoms with Gasteiger partial charge in [-0.25, -0.2) is 9.59 Å². The molecule has 0 aliphatic carbocycles. The third-order valence-electron chi connectivity index (χ3n) is 4.26. The molecule has 0 spiro atoms. The zero-order valence-electron chi connectivity index (χ0n) is 17.7. The lowest BCUT2D eigenvalue weighted by Gasteiger charge is -2.31. The molecule has 1 fully saturated rings. The van der Waals surface area contributed by atoms with Crippen molar-refractivity contribution >= 4 is 51.6 Å². The van der Waals surface area contributed by atoms with E-state index in [1.54, 1.807) is 0 Å². The number of hydrogen-bond acceptors (Lipinski definition) is 10. The van der Waals surface area contributed by atoms with Crippen LogP contribution >= 0.6 is 15.9 Å². The largest absolute Gasteiger partial charge is 0.466 e. The normalized spacial score (nSPS) is 22.4. The van der Waals surface area contributed by atoms with Gasteiger partial charge in [0.1, 0.15) is 12.7 Å². The smallest absolute Gasteiger partial charge is 0.346 e. The van der Waals surface area contributed by atoms with Crippen LogP contribution < -0.4 is 10.6 Å². The van der Waals surface area contributed by atoms with Crippen LogP contribution in [0.1, 0.15) is 26.3 Å². The SMILES string of the molecule is COC(=O)C=Cc1c[nH]c(=O)nc1N(C(C)=O)[C@@H]1O[C@H](COC(C)=O)[C@H](Br)[C@H]1OC(C)=O. The van der Waals surface area contributed by atoms with E-state index in [9.17, 15) is 24.0 Å². The predicted octanol–water partition coefficient (Wildman–Crippen LogP) is 0.292. The molecule has 13 heteroatoms.